The zero-order chi connectivity index (χ0) is 80.8. The Hall–Kier alpha value is -4.05. The molecular weight excluding hydrogens is 1430 g/mol. The summed E-state index contributed by atoms with van der Waals surface area (Å²) >= 11 is 0. The van der Waals surface area contributed by atoms with E-state index in [1.54, 1.807) is 0 Å². The summed E-state index contributed by atoms with van der Waals surface area (Å²) in [5.41, 5.74) is 0. The summed E-state index contributed by atoms with van der Waals surface area (Å²) in [6, 6.07) is 0. The van der Waals surface area contributed by atoms with E-state index in [9.17, 15) is 43.5 Å². The van der Waals surface area contributed by atoms with Gasteiger partial charge in [0.05, 0.1) is 26.4 Å². The average molecular weight is 1600 g/mol. The minimum absolute atomic E-state index is 0.0940. The number of aliphatic hydroxyl groups is 2. The topological polar surface area (TPSA) is 231 Å². The van der Waals surface area contributed by atoms with Crippen molar-refractivity contribution >= 4 is 33.6 Å². The maximum Gasteiger partial charge on any atom is 0.472 e. The third-order valence-corrected chi connectivity index (χ3v) is 21.0. The second-order valence-corrected chi connectivity index (χ2v) is 32.9. The highest BCUT2D eigenvalue weighted by Crippen LogP contribution is 2.45. The Morgan fingerprint density at radius 3 is 0.784 bits per heavy atom. The van der Waals surface area contributed by atoms with Crippen LogP contribution in [0.3, 0.4) is 0 Å². The van der Waals surface area contributed by atoms with Gasteiger partial charge in [0.2, 0.25) is 0 Å². The summed E-state index contributed by atoms with van der Waals surface area (Å²) < 4.78 is 61.3. The Bertz CT molecular complexity index is 2500. The number of carbonyl (C=O) groups excluding carboxylic acids is 3. The van der Waals surface area contributed by atoms with Crippen LogP contribution in [0.4, 0.5) is 0 Å². The summed E-state index contributed by atoms with van der Waals surface area (Å²) in [6.45, 7) is 2.56. The Balaban J connectivity index is 4.38. The van der Waals surface area contributed by atoms with Gasteiger partial charge in [0.25, 0.3) is 0 Å². The molecule has 642 valence electrons. The van der Waals surface area contributed by atoms with E-state index in [4.69, 9.17) is 32.3 Å². The lowest BCUT2D eigenvalue weighted by Crippen LogP contribution is -2.30. The maximum absolute atomic E-state index is 13.0. The van der Waals surface area contributed by atoms with Crippen LogP contribution in [0.5, 0.6) is 0 Å². The van der Waals surface area contributed by atoms with Gasteiger partial charge in [0.15, 0.2) is 6.10 Å². The Labute approximate surface area is 678 Å². The molecule has 0 saturated heterocycles. The quantitative estimate of drug-likeness (QED) is 0.0146. The van der Waals surface area contributed by atoms with Crippen molar-refractivity contribution in [3.05, 3.63) is 122 Å². The number of rotatable bonds is 85. The van der Waals surface area contributed by atoms with Gasteiger partial charge in [-0.15, -0.1) is 0 Å². The van der Waals surface area contributed by atoms with Crippen LogP contribution >= 0.6 is 15.6 Å². The average Bonchev–Trinajstić information content (AvgIpc) is 0.918. The molecule has 0 radical (unpaired) electrons. The van der Waals surface area contributed by atoms with Gasteiger partial charge >= 0.3 is 33.6 Å². The number of allylic oxidation sites excluding steroid dienone is 20. The number of esters is 3. The van der Waals surface area contributed by atoms with Gasteiger partial charge in [-0.3, -0.25) is 32.5 Å². The minimum atomic E-state index is -4.93. The Morgan fingerprint density at radius 2 is 0.477 bits per heavy atom. The van der Waals surface area contributed by atoms with Crippen molar-refractivity contribution in [1.29, 1.82) is 0 Å². The van der Waals surface area contributed by atoms with E-state index >= 15 is 0 Å². The predicted molar refractivity (Wildman–Crippen MR) is 463 cm³/mol. The summed E-state index contributed by atoms with van der Waals surface area (Å²) in [7, 11) is -9.79. The van der Waals surface area contributed by atoms with Crippen LogP contribution in [-0.4, -0.2) is 95.9 Å². The first-order valence-corrected chi connectivity index (χ1v) is 47.8. The number of phosphoric ester groups is 2. The van der Waals surface area contributed by atoms with Crippen LogP contribution in [0.25, 0.3) is 0 Å². The molecule has 0 bridgehead atoms. The smallest absolute Gasteiger partial charge is 0.463 e. The molecule has 0 spiro atoms. The largest absolute Gasteiger partial charge is 0.472 e. The molecule has 16 nitrogen and oxygen atoms in total. The van der Waals surface area contributed by atoms with E-state index in [1.165, 1.54) is 193 Å². The van der Waals surface area contributed by atoms with E-state index in [2.05, 4.69) is 142 Å². The molecule has 18 heteroatoms. The number of hydrogen-bond acceptors (Lipinski definition) is 14. The number of carbonyl (C=O) groups is 3. The monoisotopic (exact) mass is 1600 g/mol. The van der Waals surface area contributed by atoms with Crippen LogP contribution in [0.1, 0.15) is 393 Å². The Morgan fingerprint density at radius 1 is 0.261 bits per heavy atom. The van der Waals surface area contributed by atoms with Crippen molar-refractivity contribution in [2.24, 2.45) is 0 Å². The number of phosphoric acid groups is 2. The fourth-order valence-electron chi connectivity index (χ4n) is 12.3. The normalized spacial score (nSPS) is 14.4. The molecule has 0 aromatic carbocycles. The lowest BCUT2D eigenvalue weighted by molar-refractivity contribution is -0.161. The molecule has 5 atom stereocenters. The summed E-state index contributed by atoms with van der Waals surface area (Å²) in [5, 5.41) is 20.7. The van der Waals surface area contributed by atoms with Crippen LogP contribution in [-0.2, 0) is 55.8 Å². The highest BCUT2D eigenvalue weighted by atomic mass is 31.2. The fraction of sp³-hybridized carbons (Fsp3) is 0.753. The molecule has 0 fully saturated rings. The van der Waals surface area contributed by atoms with Gasteiger partial charge in [-0.2, -0.15) is 0 Å². The van der Waals surface area contributed by atoms with Crippen LogP contribution in [0.2, 0.25) is 0 Å². The maximum atomic E-state index is 13.0. The molecule has 0 aromatic rings. The molecule has 4 N–H and O–H groups in total. The summed E-state index contributed by atoms with van der Waals surface area (Å²) in [4.78, 5) is 58.8. The van der Waals surface area contributed by atoms with Crippen molar-refractivity contribution in [2.45, 2.75) is 411 Å². The van der Waals surface area contributed by atoms with Crippen LogP contribution in [0, 0.1) is 0 Å². The molecular formula is C93H164O16P2. The molecule has 0 aliphatic heterocycles. The van der Waals surface area contributed by atoms with Gasteiger partial charge in [-0.25, -0.2) is 9.13 Å². The highest BCUT2D eigenvalue weighted by molar-refractivity contribution is 7.47. The van der Waals surface area contributed by atoms with Crippen LogP contribution < -0.4 is 0 Å². The summed E-state index contributed by atoms with van der Waals surface area (Å²) in [5.74, 6) is -1.57. The molecule has 0 rings (SSSR count). The minimum Gasteiger partial charge on any atom is -0.463 e. The molecule has 0 saturated carbocycles. The lowest BCUT2D eigenvalue weighted by Gasteiger charge is -2.21. The zero-order valence-corrected chi connectivity index (χ0v) is 72.4. The number of ether oxygens (including phenoxy) is 3. The second-order valence-electron chi connectivity index (χ2n) is 30.0. The molecule has 0 aliphatic rings. The zero-order valence-electron chi connectivity index (χ0n) is 70.6. The van der Waals surface area contributed by atoms with Gasteiger partial charge in [-0.1, -0.05) is 361 Å². The number of hydrogen-bond donors (Lipinski definition) is 4. The number of unbranched alkanes of at least 4 members (excludes halogenated alkanes) is 42. The van der Waals surface area contributed by atoms with Crippen molar-refractivity contribution in [3.63, 3.8) is 0 Å². The predicted octanol–water partition coefficient (Wildman–Crippen LogP) is 27.2. The first-order valence-electron chi connectivity index (χ1n) is 44.8. The van der Waals surface area contributed by atoms with E-state index in [1.807, 2.05) is 0 Å². The lowest BCUT2D eigenvalue weighted by atomic mass is 10.0. The van der Waals surface area contributed by atoms with E-state index in [-0.39, 0.29) is 19.3 Å². The van der Waals surface area contributed by atoms with Crippen LogP contribution in [0.15, 0.2) is 122 Å². The highest BCUT2D eigenvalue weighted by Gasteiger charge is 2.29. The number of aliphatic hydroxyl groups excluding tert-OH is 2. The van der Waals surface area contributed by atoms with Crippen molar-refractivity contribution in [1.82, 2.24) is 0 Å². The molecule has 0 heterocycles. The molecule has 0 aliphatic carbocycles. The van der Waals surface area contributed by atoms with Crippen molar-refractivity contribution < 1.29 is 75.8 Å². The Kier molecular flexibility index (Phi) is 82.2. The van der Waals surface area contributed by atoms with Gasteiger partial charge < -0.3 is 34.2 Å². The first kappa shape index (κ1) is 107. The SMILES string of the molecule is CC/C=C\C/C=C\C/C=C\C/C=C\C/C=C\CCCCCCCCCCCCCC(=O)OCC(COP(=O)(O)OCC(O)COP(=O)(O)OCC(O)COC(=O)CCCCCCCCCCCCCCCCCCCCC/C=C\C/C=C\C/C=C\C/C=C\CCCCC)OC(=O)CCCCCCC/C=C\CCCCCC. The molecule has 0 aromatic heterocycles. The van der Waals surface area contributed by atoms with E-state index in [0.29, 0.717) is 19.3 Å². The van der Waals surface area contributed by atoms with Gasteiger partial charge in [-0.05, 0) is 135 Å². The van der Waals surface area contributed by atoms with E-state index in [0.717, 1.165) is 141 Å². The summed E-state index contributed by atoms with van der Waals surface area (Å²) in [6.07, 6.45) is 104. The standard InChI is InChI=1S/C93H164O16P2/c1-4-7-10-13-16-19-22-25-27-29-31-33-35-37-39-40-41-42-43-44-45-46-48-50-51-53-55-57-59-62-64-67-70-73-76-79-91(96)103-82-88(94)83-105-110(99,100)106-84-89(95)85-107-111(101,102)108-87-90(109-93(98)81-78-75-72-69-66-61-24-21-18-15-12-9-6-3)86-104-92(97)80-77-74-71-68-65-63-60-58-56-54-52-49-47-38-36-34-32-30-28-26-23-20-17-14-11-8-5-2/h8,11,16-17,19-21,24-28,31-34,37-39,47,88-90,94-95H,4-7,9-10,12-15,18,22-23,29-30,35-36,40-46,48-87H2,1-3H3,(H,99,100)(H,101,102)/b11-8-,19-16-,20-17-,24-21-,27-25-,28-26-,33-31-,34-32-,39-37-,47-38-. The third kappa shape index (κ3) is 86.6. The van der Waals surface area contributed by atoms with Crippen molar-refractivity contribution in [3.8, 4) is 0 Å². The molecule has 0 amide bonds. The molecule has 111 heavy (non-hydrogen) atoms. The molecule has 5 unspecified atom stereocenters. The van der Waals surface area contributed by atoms with Gasteiger partial charge in [0, 0.05) is 19.3 Å². The van der Waals surface area contributed by atoms with E-state index < -0.39 is 91.5 Å². The second kappa shape index (κ2) is 85.3. The van der Waals surface area contributed by atoms with Crippen molar-refractivity contribution in [2.75, 3.05) is 39.6 Å². The third-order valence-electron chi connectivity index (χ3n) is 19.1. The van der Waals surface area contributed by atoms with Gasteiger partial charge in [0.1, 0.15) is 25.4 Å². The fourth-order valence-corrected chi connectivity index (χ4v) is 13.9. The first-order chi connectivity index (χ1) is 54.2.